The summed E-state index contributed by atoms with van der Waals surface area (Å²) in [6, 6.07) is 16.2. The highest BCUT2D eigenvalue weighted by Gasteiger charge is 2.23. The molecule has 0 aliphatic heterocycles. The maximum atomic E-state index is 12.1. The van der Waals surface area contributed by atoms with Gasteiger partial charge in [-0.2, -0.15) is 5.26 Å². The molecular formula is C20H20ClN3O2. The van der Waals surface area contributed by atoms with Crippen LogP contribution in [0.1, 0.15) is 31.2 Å². The van der Waals surface area contributed by atoms with Gasteiger partial charge in [-0.1, -0.05) is 11.6 Å². The van der Waals surface area contributed by atoms with Gasteiger partial charge in [-0.3, -0.25) is 0 Å². The second-order valence-corrected chi connectivity index (χ2v) is 6.77. The van der Waals surface area contributed by atoms with Crippen LogP contribution >= 0.6 is 11.6 Å². The molecule has 0 unspecified atom stereocenters. The molecule has 0 spiro atoms. The molecule has 3 rings (SSSR count). The van der Waals surface area contributed by atoms with Crippen molar-refractivity contribution in [2.45, 2.75) is 37.8 Å². The third-order valence-electron chi connectivity index (χ3n) is 4.40. The van der Waals surface area contributed by atoms with Crippen LogP contribution in [0, 0.1) is 11.3 Å². The molecule has 0 radical (unpaired) electrons. The number of hydrogen-bond acceptors (Lipinski definition) is 3. The number of carbonyl (C=O) groups excluding carboxylic acids is 1. The van der Waals surface area contributed by atoms with Gasteiger partial charge in [0.15, 0.2) is 0 Å². The highest BCUT2D eigenvalue weighted by molar-refractivity contribution is 6.30. The number of anilines is 1. The van der Waals surface area contributed by atoms with Gasteiger partial charge in [0.2, 0.25) is 0 Å². The zero-order valence-electron chi connectivity index (χ0n) is 14.2. The summed E-state index contributed by atoms with van der Waals surface area (Å²) < 4.78 is 5.96. The molecule has 6 heteroatoms. The van der Waals surface area contributed by atoms with Crippen LogP contribution in [0.4, 0.5) is 10.5 Å². The summed E-state index contributed by atoms with van der Waals surface area (Å²) in [6.45, 7) is 0. The van der Waals surface area contributed by atoms with Crippen molar-refractivity contribution in [2.24, 2.45) is 0 Å². The zero-order valence-corrected chi connectivity index (χ0v) is 15.0. The van der Waals surface area contributed by atoms with Crippen molar-refractivity contribution in [3.05, 3.63) is 59.1 Å². The summed E-state index contributed by atoms with van der Waals surface area (Å²) in [5, 5.41) is 15.3. The Morgan fingerprint density at radius 2 is 1.69 bits per heavy atom. The van der Waals surface area contributed by atoms with Crippen molar-refractivity contribution in [3.63, 3.8) is 0 Å². The van der Waals surface area contributed by atoms with E-state index in [0.29, 0.717) is 16.3 Å². The minimum Gasteiger partial charge on any atom is -0.490 e. The van der Waals surface area contributed by atoms with Crippen LogP contribution in [0.25, 0.3) is 0 Å². The fraction of sp³-hybridized carbons (Fsp3) is 0.300. The molecule has 0 bridgehead atoms. The van der Waals surface area contributed by atoms with Gasteiger partial charge in [0.1, 0.15) is 5.75 Å². The summed E-state index contributed by atoms with van der Waals surface area (Å²) in [5.74, 6) is 0.779. The maximum Gasteiger partial charge on any atom is 0.319 e. The molecule has 2 N–H and O–H groups in total. The molecule has 2 amide bonds. The van der Waals surface area contributed by atoms with Gasteiger partial charge in [0.25, 0.3) is 0 Å². The predicted octanol–water partition coefficient (Wildman–Crippen LogP) is 4.72. The third-order valence-corrected chi connectivity index (χ3v) is 4.65. The molecule has 2 aromatic carbocycles. The Hall–Kier alpha value is -2.71. The molecule has 1 saturated carbocycles. The van der Waals surface area contributed by atoms with Crippen molar-refractivity contribution in [1.29, 1.82) is 5.26 Å². The quantitative estimate of drug-likeness (QED) is 0.818. The molecule has 0 heterocycles. The van der Waals surface area contributed by atoms with Crippen LogP contribution in [0.15, 0.2) is 48.5 Å². The third kappa shape index (κ3) is 5.14. The minimum absolute atomic E-state index is 0.139. The van der Waals surface area contributed by atoms with E-state index in [1.54, 1.807) is 36.4 Å². The van der Waals surface area contributed by atoms with Crippen LogP contribution < -0.4 is 15.4 Å². The number of amides is 2. The Balaban J connectivity index is 1.42. The minimum atomic E-state index is -0.205. The largest absolute Gasteiger partial charge is 0.490 e. The Morgan fingerprint density at radius 3 is 2.31 bits per heavy atom. The van der Waals surface area contributed by atoms with E-state index in [-0.39, 0.29) is 18.2 Å². The van der Waals surface area contributed by atoms with Gasteiger partial charge >= 0.3 is 6.03 Å². The van der Waals surface area contributed by atoms with E-state index in [1.807, 2.05) is 12.1 Å². The lowest BCUT2D eigenvalue weighted by Gasteiger charge is -2.29. The number of carbonyl (C=O) groups is 1. The van der Waals surface area contributed by atoms with Crippen molar-refractivity contribution < 1.29 is 9.53 Å². The van der Waals surface area contributed by atoms with Gasteiger partial charge in [-0.05, 0) is 74.2 Å². The Labute approximate surface area is 157 Å². The van der Waals surface area contributed by atoms with E-state index >= 15 is 0 Å². The van der Waals surface area contributed by atoms with E-state index < -0.39 is 0 Å². The molecular weight excluding hydrogens is 350 g/mol. The van der Waals surface area contributed by atoms with E-state index in [4.69, 9.17) is 21.6 Å². The molecule has 1 aliphatic carbocycles. The van der Waals surface area contributed by atoms with E-state index in [2.05, 4.69) is 16.7 Å². The number of nitrogens with one attached hydrogen (secondary N) is 2. The molecule has 0 aromatic heterocycles. The summed E-state index contributed by atoms with van der Waals surface area (Å²) in [6.07, 6.45) is 3.64. The van der Waals surface area contributed by atoms with Crippen molar-refractivity contribution in [1.82, 2.24) is 5.32 Å². The highest BCUT2D eigenvalue weighted by Crippen LogP contribution is 2.24. The summed E-state index contributed by atoms with van der Waals surface area (Å²) in [7, 11) is 0. The molecule has 5 nitrogen and oxygen atoms in total. The number of rotatable bonds is 4. The van der Waals surface area contributed by atoms with Crippen LogP contribution in [0.5, 0.6) is 5.75 Å². The number of hydrogen-bond donors (Lipinski definition) is 2. The number of halogens is 1. The lowest BCUT2D eigenvalue weighted by atomic mass is 9.93. The first kappa shape index (κ1) is 18.1. The molecule has 2 aromatic rings. The van der Waals surface area contributed by atoms with Crippen LogP contribution in [-0.2, 0) is 0 Å². The first-order valence-corrected chi connectivity index (χ1v) is 9.00. The average molecular weight is 370 g/mol. The second kappa shape index (κ2) is 8.59. The van der Waals surface area contributed by atoms with Crippen molar-refractivity contribution in [3.8, 4) is 11.8 Å². The van der Waals surface area contributed by atoms with E-state index in [1.165, 1.54) is 0 Å². The summed E-state index contributed by atoms with van der Waals surface area (Å²) >= 11 is 5.84. The molecule has 26 heavy (non-hydrogen) atoms. The first-order chi connectivity index (χ1) is 12.6. The summed E-state index contributed by atoms with van der Waals surface area (Å²) in [5.41, 5.74) is 1.33. The molecule has 1 fully saturated rings. The number of nitriles is 1. The number of ether oxygens (including phenoxy) is 1. The van der Waals surface area contributed by atoms with E-state index in [0.717, 1.165) is 31.4 Å². The molecule has 0 saturated heterocycles. The molecule has 1 aliphatic rings. The number of urea groups is 1. The van der Waals surface area contributed by atoms with Gasteiger partial charge in [0, 0.05) is 16.8 Å². The van der Waals surface area contributed by atoms with Gasteiger partial charge in [-0.25, -0.2) is 4.79 Å². The van der Waals surface area contributed by atoms with Gasteiger partial charge in [-0.15, -0.1) is 0 Å². The lowest BCUT2D eigenvalue weighted by Crippen LogP contribution is -2.41. The van der Waals surface area contributed by atoms with Crippen LogP contribution in [0.3, 0.4) is 0 Å². The van der Waals surface area contributed by atoms with Gasteiger partial charge in [0.05, 0.1) is 17.7 Å². The smallest absolute Gasteiger partial charge is 0.319 e. The zero-order chi connectivity index (χ0) is 18.4. The van der Waals surface area contributed by atoms with E-state index in [9.17, 15) is 4.79 Å². The highest BCUT2D eigenvalue weighted by atomic mass is 35.5. The Bertz CT molecular complexity index is 776. The first-order valence-electron chi connectivity index (χ1n) is 8.62. The Kier molecular flexibility index (Phi) is 5.98. The number of nitrogens with zero attached hydrogens (tertiary/aromatic N) is 1. The maximum absolute atomic E-state index is 12.1. The van der Waals surface area contributed by atoms with Crippen molar-refractivity contribution >= 4 is 23.3 Å². The standard InChI is InChI=1S/C20H20ClN3O2/c21-15-3-5-16(6-4-15)23-20(25)24-17-7-11-19(12-8-17)26-18-9-1-14(13-22)2-10-18/h1-6,9-10,17,19H,7-8,11-12H2,(H2,23,24,25)/t17-,19-. The topological polar surface area (TPSA) is 74.1 Å². The fourth-order valence-electron chi connectivity index (χ4n) is 3.01. The predicted molar refractivity (Wildman–Crippen MR) is 101 cm³/mol. The van der Waals surface area contributed by atoms with Gasteiger partial charge < -0.3 is 15.4 Å². The summed E-state index contributed by atoms with van der Waals surface area (Å²) in [4.78, 5) is 12.1. The number of benzene rings is 2. The van der Waals surface area contributed by atoms with Crippen LogP contribution in [0.2, 0.25) is 5.02 Å². The fourth-order valence-corrected chi connectivity index (χ4v) is 3.14. The average Bonchev–Trinajstić information content (AvgIpc) is 2.66. The monoisotopic (exact) mass is 369 g/mol. The second-order valence-electron chi connectivity index (χ2n) is 6.33. The SMILES string of the molecule is N#Cc1ccc(O[C@H]2CC[C@H](NC(=O)Nc3ccc(Cl)cc3)CC2)cc1. The molecule has 134 valence electrons. The van der Waals surface area contributed by atoms with Crippen molar-refractivity contribution in [2.75, 3.05) is 5.32 Å². The Morgan fingerprint density at radius 1 is 1.04 bits per heavy atom. The van der Waals surface area contributed by atoms with Crippen LogP contribution in [-0.4, -0.2) is 18.2 Å². The lowest BCUT2D eigenvalue weighted by molar-refractivity contribution is 0.141. The molecule has 0 atom stereocenters. The normalized spacial score (nSPS) is 19.2.